The number of oxazole rings is 1. The van der Waals surface area contributed by atoms with Gasteiger partial charge in [-0.05, 0) is 31.4 Å². The lowest BCUT2D eigenvalue weighted by Gasteiger charge is -2.09. The lowest BCUT2D eigenvalue weighted by molar-refractivity contribution is -0.127. The predicted octanol–water partition coefficient (Wildman–Crippen LogP) is 1.95. The summed E-state index contributed by atoms with van der Waals surface area (Å²) < 4.78 is 16.4. The Morgan fingerprint density at radius 1 is 1.50 bits per heavy atom. The minimum Gasteiger partial charge on any atom is -0.439 e. The number of rotatable bonds is 6. The van der Waals surface area contributed by atoms with Crippen molar-refractivity contribution in [3.8, 4) is 0 Å². The molecule has 1 aromatic carbocycles. The maximum absolute atomic E-state index is 11.7. The van der Waals surface area contributed by atoms with Gasteiger partial charge in [0, 0.05) is 6.61 Å². The maximum atomic E-state index is 11.7. The molecule has 1 aromatic heterocycles. The Labute approximate surface area is 128 Å². The lowest BCUT2D eigenvalue weighted by atomic mass is 10.2. The van der Waals surface area contributed by atoms with E-state index in [-0.39, 0.29) is 25.2 Å². The van der Waals surface area contributed by atoms with Gasteiger partial charge in [0.2, 0.25) is 11.8 Å². The second-order valence-corrected chi connectivity index (χ2v) is 5.46. The standard InChI is InChI=1S/C16H20N2O4/c1-11-4-2-6-13-16(11)18-15(22-13)8-17-14(19)10-20-9-12-5-3-7-21-12/h2,4,6,12H,3,5,7-10H2,1H3,(H,17,19)/t12-/m1/s1. The van der Waals surface area contributed by atoms with Crippen LogP contribution in [-0.4, -0.2) is 36.8 Å². The van der Waals surface area contributed by atoms with Crippen LogP contribution in [0.1, 0.15) is 24.3 Å². The van der Waals surface area contributed by atoms with Gasteiger partial charge < -0.3 is 19.2 Å². The van der Waals surface area contributed by atoms with Gasteiger partial charge in [-0.1, -0.05) is 12.1 Å². The van der Waals surface area contributed by atoms with Gasteiger partial charge in [-0.15, -0.1) is 0 Å². The van der Waals surface area contributed by atoms with Crippen LogP contribution in [0.3, 0.4) is 0 Å². The first-order chi connectivity index (χ1) is 10.7. The van der Waals surface area contributed by atoms with E-state index in [0.717, 1.165) is 36.1 Å². The van der Waals surface area contributed by atoms with E-state index in [4.69, 9.17) is 13.9 Å². The van der Waals surface area contributed by atoms with Crippen molar-refractivity contribution in [1.82, 2.24) is 10.3 Å². The van der Waals surface area contributed by atoms with E-state index in [2.05, 4.69) is 10.3 Å². The van der Waals surface area contributed by atoms with E-state index in [1.54, 1.807) is 0 Å². The Hall–Kier alpha value is -1.92. The Bertz CT molecular complexity index is 647. The number of carbonyl (C=O) groups excluding carboxylic acids is 1. The number of aryl methyl sites for hydroxylation is 1. The molecule has 0 saturated carbocycles. The molecule has 0 aliphatic carbocycles. The fourth-order valence-electron chi connectivity index (χ4n) is 2.49. The molecular weight excluding hydrogens is 284 g/mol. The van der Waals surface area contributed by atoms with Crippen molar-refractivity contribution in [2.45, 2.75) is 32.4 Å². The van der Waals surface area contributed by atoms with Crippen molar-refractivity contribution in [3.05, 3.63) is 29.7 Å². The Balaban J connectivity index is 1.44. The highest BCUT2D eigenvalue weighted by Crippen LogP contribution is 2.18. The third kappa shape index (κ3) is 3.64. The van der Waals surface area contributed by atoms with Crippen molar-refractivity contribution in [3.63, 3.8) is 0 Å². The molecule has 6 nitrogen and oxygen atoms in total. The fourth-order valence-corrected chi connectivity index (χ4v) is 2.49. The number of nitrogens with zero attached hydrogens (tertiary/aromatic N) is 1. The molecule has 118 valence electrons. The van der Waals surface area contributed by atoms with E-state index in [1.165, 1.54) is 0 Å². The average molecular weight is 304 g/mol. The van der Waals surface area contributed by atoms with Gasteiger partial charge in [0.25, 0.3) is 0 Å². The van der Waals surface area contributed by atoms with Gasteiger partial charge in [0.15, 0.2) is 5.58 Å². The number of fused-ring (bicyclic) bond motifs is 1. The monoisotopic (exact) mass is 304 g/mol. The minimum atomic E-state index is -0.183. The smallest absolute Gasteiger partial charge is 0.246 e. The predicted molar refractivity (Wildman–Crippen MR) is 80.4 cm³/mol. The number of hydrogen-bond acceptors (Lipinski definition) is 5. The van der Waals surface area contributed by atoms with E-state index < -0.39 is 0 Å². The number of hydrogen-bond donors (Lipinski definition) is 1. The summed E-state index contributed by atoms with van der Waals surface area (Å²) in [5.74, 6) is 0.314. The van der Waals surface area contributed by atoms with Gasteiger partial charge in [-0.2, -0.15) is 0 Å². The molecule has 1 aliphatic rings. The van der Waals surface area contributed by atoms with Crippen LogP contribution in [0.15, 0.2) is 22.6 Å². The molecule has 3 rings (SSSR count). The average Bonchev–Trinajstić information content (AvgIpc) is 3.15. The molecule has 2 heterocycles. The minimum absolute atomic E-state index is 0.0269. The molecule has 6 heteroatoms. The summed E-state index contributed by atoms with van der Waals surface area (Å²) in [6.45, 7) is 3.52. The highest BCUT2D eigenvalue weighted by Gasteiger charge is 2.16. The van der Waals surface area contributed by atoms with Crippen LogP contribution < -0.4 is 5.32 Å². The van der Waals surface area contributed by atoms with Crippen LogP contribution in [-0.2, 0) is 20.8 Å². The number of amides is 1. The number of nitrogens with one attached hydrogen (secondary N) is 1. The lowest BCUT2D eigenvalue weighted by Crippen LogP contribution is -2.28. The SMILES string of the molecule is Cc1cccc2oc(CNC(=O)COC[C@H]3CCCO3)nc12. The molecule has 1 amide bonds. The van der Waals surface area contributed by atoms with Crippen molar-refractivity contribution in [1.29, 1.82) is 0 Å². The topological polar surface area (TPSA) is 73.6 Å². The van der Waals surface area contributed by atoms with Crippen LogP contribution in [0.25, 0.3) is 11.1 Å². The molecule has 2 aromatic rings. The number of benzene rings is 1. The van der Waals surface area contributed by atoms with E-state index >= 15 is 0 Å². The van der Waals surface area contributed by atoms with E-state index in [0.29, 0.717) is 12.5 Å². The van der Waals surface area contributed by atoms with Crippen molar-refractivity contribution in [2.75, 3.05) is 19.8 Å². The molecule has 0 spiro atoms. The fraction of sp³-hybridized carbons (Fsp3) is 0.500. The van der Waals surface area contributed by atoms with E-state index in [1.807, 2.05) is 25.1 Å². The van der Waals surface area contributed by atoms with Crippen molar-refractivity contribution >= 4 is 17.0 Å². The molecule has 0 unspecified atom stereocenters. The zero-order valence-corrected chi connectivity index (χ0v) is 12.6. The van der Waals surface area contributed by atoms with Crippen LogP contribution in [0.5, 0.6) is 0 Å². The summed E-state index contributed by atoms with van der Waals surface area (Å²) in [4.78, 5) is 16.1. The van der Waals surface area contributed by atoms with Crippen molar-refractivity contribution < 1.29 is 18.7 Å². The van der Waals surface area contributed by atoms with Crippen molar-refractivity contribution in [2.24, 2.45) is 0 Å². The molecule has 1 aliphatic heterocycles. The number of carbonyl (C=O) groups is 1. The second-order valence-electron chi connectivity index (χ2n) is 5.46. The third-order valence-electron chi connectivity index (χ3n) is 3.66. The molecule has 0 bridgehead atoms. The normalized spacial score (nSPS) is 18.0. The zero-order valence-electron chi connectivity index (χ0n) is 12.6. The first-order valence-electron chi connectivity index (χ1n) is 7.53. The van der Waals surface area contributed by atoms with E-state index in [9.17, 15) is 4.79 Å². The van der Waals surface area contributed by atoms with Gasteiger partial charge in [-0.3, -0.25) is 4.79 Å². The van der Waals surface area contributed by atoms with Gasteiger partial charge in [-0.25, -0.2) is 4.98 Å². The molecule has 1 saturated heterocycles. The highest BCUT2D eigenvalue weighted by atomic mass is 16.5. The molecule has 22 heavy (non-hydrogen) atoms. The number of ether oxygens (including phenoxy) is 2. The summed E-state index contributed by atoms with van der Waals surface area (Å²) >= 11 is 0. The van der Waals surface area contributed by atoms with Crippen LogP contribution in [0, 0.1) is 6.92 Å². The molecule has 1 N–H and O–H groups in total. The maximum Gasteiger partial charge on any atom is 0.246 e. The van der Waals surface area contributed by atoms with Crippen LogP contribution in [0.4, 0.5) is 0 Å². The number of aromatic nitrogens is 1. The summed E-state index contributed by atoms with van der Waals surface area (Å²) in [5, 5.41) is 2.74. The largest absolute Gasteiger partial charge is 0.439 e. The summed E-state index contributed by atoms with van der Waals surface area (Å²) in [7, 11) is 0. The third-order valence-corrected chi connectivity index (χ3v) is 3.66. The van der Waals surface area contributed by atoms with Gasteiger partial charge >= 0.3 is 0 Å². The second kappa shape index (κ2) is 6.89. The van der Waals surface area contributed by atoms with Crippen LogP contribution >= 0.6 is 0 Å². The summed E-state index contributed by atoms with van der Waals surface area (Å²) in [6, 6.07) is 5.77. The Morgan fingerprint density at radius 2 is 2.41 bits per heavy atom. The summed E-state index contributed by atoms with van der Waals surface area (Å²) in [6.07, 6.45) is 2.20. The molecular formula is C16H20N2O4. The summed E-state index contributed by atoms with van der Waals surface area (Å²) in [5.41, 5.74) is 2.62. The van der Waals surface area contributed by atoms with Gasteiger partial charge in [0.1, 0.15) is 12.1 Å². The Morgan fingerprint density at radius 3 is 3.18 bits per heavy atom. The Kier molecular flexibility index (Phi) is 4.70. The molecule has 0 radical (unpaired) electrons. The zero-order chi connectivity index (χ0) is 15.4. The first kappa shape index (κ1) is 15.0. The first-order valence-corrected chi connectivity index (χ1v) is 7.53. The van der Waals surface area contributed by atoms with Gasteiger partial charge in [0.05, 0.1) is 19.3 Å². The highest BCUT2D eigenvalue weighted by molar-refractivity contribution is 5.78. The van der Waals surface area contributed by atoms with Crippen LogP contribution in [0.2, 0.25) is 0 Å². The number of para-hydroxylation sites is 1. The quantitative estimate of drug-likeness (QED) is 0.883. The molecule has 1 atom stereocenters. The molecule has 1 fully saturated rings.